The minimum atomic E-state index is -1.90. The Balaban J connectivity index is 3.17. The molecule has 0 aromatic carbocycles. The van der Waals surface area contributed by atoms with Gasteiger partial charge in [0, 0.05) is 11.8 Å². The Morgan fingerprint density at radius 2 is 1.64 bits per heavy atom. The Labute approximate surface area is 257 Å². The van der Waals surface area contributed by atoms with Gasteiger partial charge in [0.1, 0.15) is 23.9 Å². The van der Waals surface area contributed by atoms with Gasteiger partial charge in [0.15, 0.2) is 0 Å². The minimum absolute atomic E-state index is 0.00181. The smallest absolute Gasteiger partial charge is 0.420 e. The van der Waals surface area contributed by atoms with Crippen molar-refractivity contribution in [3.8, 4) is 0 Å². The molecule has 2 atom stereocenters. The summed E-state index contributed by atoms with van der Waals surface area (Å²) in [4.78, 5) is 44.5. The summed E-state index contributed by atoms with van der Waals surface area (Å²) in [5, 5.41) is 12.7. The van der Waals surface area contributed by atoms with Crippen LogP contribution in [-0.4, -0.2) is 66.9 Å². The van der Waals surface area contributed by atoms with E-state index in [1.165, 1.54) is 11.3 Å². The Hall–Kier alpha value is -1.11. The fourth-order valence-electron chi connectivity index (χ4n) is 3.09. The highest BCUT2D eigenvalue weighted by molar-refractivity contribution is 9.11. The van der Waals surface area contributed by atoms with Gasteiger partial charge in [-0.05, 0) is 78.3 Å². The van der Waals surface area contributed by atoms with Gasteiger partial charge in [-0.15, -0.1) is 11.3 Å². The maximum atomic E-state index is 13.1. The highest BCUT2D eigenvalue weighted by Gasteiger charge is 2.41. The van der Waals surface area contributed by atoms with E-state index in [-0.39, 0.29) is 6.42 Å². The van der Waals surface area contributed by atoms with Gasteiger partial charge in [-0.25, -0.2) is 19.4 Å². The molecule has 0 aliphatic heterocycles. The van der Waals surface area contributed by atoms with Crippen LogP contribution in [-0.2, 0) is 31.8 Å². The molecule has 1 rings (SSSR count). The lowest BCUT2D eigenvalue weighted by atomic mass is 10.1. The third kappa shape index (κ3) is 15.5. The average molecular weight is 695 g/mol. The summed E-state index contributed by atoms with van der Waals surface area (Å²) in [7, 11) is 0. The Morgan fingerprint density at radius 3 is 2.10 bits per heavy atom. The molecule has 0 fully saturated rings. The summed E-state index contributed by atoms with van der Waals surface area (Å²) in [6.45, 7) is 11.0. The number of thiazole rings is 1. The summed E-state index contributed by atoms with van der Waals surface area (Å²) in [5.74, 6) is -0.961. The number of halogens is 4. The Bertz CT molecular complexity index is 985. The number of aryl methyl sites for hydroxylation is 1. The zero-order valence-electron chi connectivity index (χ0n) is 23.1. The van der Waals surface area contributed by atoms with Crippen molar-refractivity contribution in [1.82, 2.24) is 9.88 Å². The van der Waals surface area contributed by atoms with Crippen LogP contribution >= 0.6 is 62.1 Å². The Morgan fingerprint density at radius 1 is 1.10 bits per heavy atom. The maximum absolute atomic E-state index is 13.1. The normalized spacial score (nSPS) is 14.4. The molecule has 1 aromatic heterocycles. The van der Waals surface area contributed by atoms with Gasteiger partial charge in [0.05, 0.1) is 16.8 Å². The first-order chi connectivity index (χ1) is 17.7. The molecule has 1 aromatic rings. The van der Waals surface area contributed by atoms with E-state index in [2.05, 4.69) is 20.9 Å². The molecule has 0 saturated heterocycles. The van der Waals surface area contributed by atoms with Crippen molar-refractivity contribution in [2.45, 2.75) is 101 Å². The van der Waals surface area contributed by atoms with Crippen molar-refractivity contribution < 1.29 is 33.7 Å². The molecule has 0 spiro atoms. The summed E-state index contributed by atoms with van der Waals surface area (Å²) >= 11 is 21.9. The number of amides is 2. The highest BCUT2D eigenvalue weighted by Crippen LogP contribution is 2.27. The van der Waals surface area contributed by atoms with E-state index in [1.807, 2.05) is 12.3 Å². The third-order valence-corrected chi connectivity index (χ3v) is 5.97. The van der Waals surface area contributed by atoms with Crippen LogP contribution in [0.5, 0.6) is 0 Å². The number of imide groups is 1. The molecule has 1 N–H and O–H groups in total. The maximum Gasteiger partial charge on any atom is 0.420 e. The fraction of sp³-hybridized carbons (Fsp3) is 0.680. The number of hydrogen-bond acceptors (Lipinski definition) is 9. The molecular formula is C25H36BrCl3N2O7S. The predicted octanol–water partition coefficient (Wildman–Crippen LogP) is 7.12. The zero-order valence-corrected chi connectivity index (χ0v) is 27.7. The molecule has 222 valence electrons. The van der Waals surface area contributed by atoms with Crippen molar-refractivity contribution in [3.63, 3.8) is 0 Å². The van der Waals surface area contributed by atoms with Crippen LogP contribution in [0.15, 0.2) is 15.9 Å². The number of ether oxygens (including phenoxy) is 3. The average Bonchev–Trinajstić information content (AvgIpc) is 3.14. The molecule has 0 saturated carbocycles. The largest absolute Gasteiger partial charge is 0.460 e. The van der Waals surface area contributed by atoms with E-state index in [9.17, 15) is 19.5 Å². The predicted molar refractivity (Wildman–Crippen MR) is 157 cm³/mol. The SMILES string of the molecule is C/C(Br)=C\[C@H](O)Cc1nc(CCC[C@@H](C(=O)OCC(Cl)(Cl)Cl)N(C(=O)OC(C)(C)C)C(=O)OC(C)(C)C)cs1. The lowest BCUT2D eigenvalue weighted by molar-refractivity contribution is -0.150. The van der Waals surface area contributed by atoms with Gasteiger partial charge < -0.3 is 19.3 Å². The number of alkyl halides is 3. The van der Waals surface area contributed by atoms with Crippen LogP contribution in [0.25, 0.3) is 0 Å². The third-order valence-electron chi connectivity index (χ3n) is 4.46. The van der Waals surface area contributed by atoms with E-state index in [0.29, 0.717) is 24.2 Å². The molecule has 0 aliphatic carbocycles. The van der Waals surface area contributed by atoms with Gasteiger partial charge in [-0.3, -0.25) is 0 Å². The summed E-state index contributed by atoms with van der Waals surface area (Å²) in [5.41, 5.74) is -1.20. The number of allylic oxidation sites excluding steroid dienone is 1. The minimum Gasteiger partial charge on any atom is -0.460 e. The number of hydrogen-bond donors (Lipinski definition) is 1. The Kier molecular flexibility index (Phi) is 14.0. The van der Waals surface area contributed by atoms with Gasteiger partial charge in [-0.1, -0.05) is 50.7 Å². The van der Waals surface area contributed by atoms with Crippen molar-refractivity contribution in [2.75, 3.05) is 6.61 Å². The van der Waals surface area contributed by atoms with Gasteiger partial charge in [0.2, 0.25) is 3.79 Å². The molecule has 2 amide bonds. The van der Waals surface area contributed by atoms with Crippen molar-refractivity contribution in [3.05, 3.63) is 26.6 Å². The first-order valence-corrected chi connectivity index (χ1v) is 14.9. The van der Waals surface area contributed by atoms with Crippen LogP contribution in [0.3, 0.4) is 0 Å². The first kappa shape index (κ1) is 35.9. The van der Waals surface area contributed by atoms with Gasteiger partial charge in [0.25, 0.3) is 0 Å². The molecule has 0 radical (unpaired) electrons. The van der Waals surface area contributed by atoms with Crippen LogP contribution < -0.4 is 0 Å². The van der Waals surface area contributed by atoms with Crippen LogP contribution in [0.2, 0.25) is 0 Å². The molecular weight excluding hydrogens is 659 g/mol. The van der Waals surface area contributed by atoms with E-state index >= 15 is 0 Å². The number of aliphatic hydroxyl groups is 1. The van der Waals surface area contributed by atoms with E-state index in [4.69, 9.17) is 49.0 Å². The van der Waals surface area contributed by atoms with Gasteiger partial charge in [-0.2, -0.15) is 4.90 Å². The monoisotopic (exact) mass is 692 g/mol. The van der Waals surface area contributed by atoms with E-state index < -0.39 is 51.9 Å². The number of aromatic nitrogens is 1. The quantitative estimate of drug-likeness (QED) is 0.156. The van der Waals surface area contributed by atoms with Crippen molar-refractivity contribution in [2.24, 2.45) is 0 Å². The first-order valence-electron chi connectivity index (χ1n) is 12.1. The number of carbonyl (C=O) groups is 3. The highest BCUT2D eigenvalue weighted by atomic mass is 79.9. The molecule has 0 aliphatic rings. The van der Waals surface area contributed by atoms with Gasteiger partial charge >= 0.3 is 18.2 Å². The van der Waals surface area contributed by atoms with E-state index in [0.717, 1.165) is 15.2 Å². The number of aliphatic hydroxyl groups excluding tert-OH is 1. The molecule has 0 bridgehead atoms. The summed E-state index contributed by atoms with van der Waals surface area (Å²) in [6.07, 6.45) is -0.0528. The summed E-state index contributed by atoms with van der Waals surface area (Å²) < 4.78 is 14.9. The zero-order chi connectivity index (χ0) is 30.2. The lowest BCUT2D eigenvalue weighted by Gasteiger charge is -2.32. The molecule has 1 heterocycles. The van der Waals surface area contributed by atoms with Crippen LogP contribution in [0, 0.1) is 0 Å². The number of nitrogens with zero attached hydrogens (tertiary/aromatic N) is 2. The summed E-state index contributed by atoms with van der Waals surface area (Å²) in [6, 6.07) is -1.42. The van der Waals surface area contributed by atoms with E-state index in [1.54, 1.807) is 47.6 Å². The van der Waals surface area contributed by atoms with Crippen LogP contribution in [0.1, 0.15) is 72.0 Å². The topological polar surface area (TPSA) is 115 Å². The van der Waals surface area contributed by atoms with Crippen LogP contribution in [0.4, 0.5) is 9.59 Å². The second-order valence-corrected chi connectivity index (χ2v) is 15.4. The van der Waals surface area contributed by atoms with Crippen molar-refractivity contribution in [1.29, 1.82) is 0 Å². The molecule has 14 heteroatoms. The number of rotatable bonds is 10. The molecule has 39 heavy (non-hydrogen) atoms. The second-order valence-electron chi connectivity index (χ2n) is 10.7. The second kappa shape index (κ2) is 15.2. The fourth-order valence-corrected chi connectivity index (χ4v) is 4.44. The molecule has 0 unspecified atom stereocenters. The number of esters is 1. The standard InChI is InChI=1S/C25H36BrCl3N2O7S/c1-15(26)11-17(32)12-19-30-16(13-39-19)9-8-10-18(20(33)36-14-25(27,28)29)31(21(34)37-23(2,3)4)22(35)38-24(5,6)7/h11,13,17-18,32H,8-10,12,14H2,1-7H3/b15-11+/t17-,18-/m0/s1. The lowest BCUT2D eigenvalue weighted by Crippen LogP contribution is -2.52. The molecule has 9 nitrogen and oxygen atoms in total. The number of carbonyl (C=O) groups excluding carboxylic acids is 3. The van der Waals surface area contributed by atoms with Crippen molar-refractivity contribution >= 4 is 80.2 Å².